The van der Waals surface area contributed by atoms with Crippen molar-refractivity contribution in [3.8, 4) is 0 Å². The first kappa shape index (κ1) is 18.8. The van der Waals surface area contributed by atoms with Gasteiger partial charge in [-0.15, -0.1) is 0 Å². The van der Waals surface area contributed by atoms with Gasteiger partial charge in [-0.1, -0.05) is 39.8 Å². The van der Waals surface area contributed by atoms with Crippen LogP contribution in [0.2, 0.25) is 0 Å². The minimum absolute atomic E-state index is 0.0815. The minimum atomic E-state index is -0.132. The van der Waals surface area contributed by atoms with Gasteiger partial charge in [-0.2, -0.15) is 0 Å². The first-order chi connectivity index (χ1) is 11.2. The van der Waals surface area contributed by atoms with Crippen LogP contribution in [0.1, 0.15) is 53.0 Å². The molecule has 2 atom stereocenters. The number of amides is 1. The highest BCUT2D eigenvalue weighted by Gasteiger charge is 2.24. The van der Waals surface area contributed by atoms with Crippen LogP contribution in [-0.4, -0.2) is 31.1 Å². The topological polar surface area (TPSA) is 58.4 Å². The Morgan fingerprint density at radius 3 is 2.17 bits per heavy atom. The van der Waals surface area contributed by atoms with Crippen molar-refractivity contribution in [2.75, 3.05) is 18.0 Å². The second kappa shape index (κ2) is 7.56. The molecule has 1 amide bonds. The van der Waals surface area contributed by atoms with Crippen molar-refractivity contribution in [2.45, 2.75) is 65.0 Å². The summed E-state index contributed by atoms with van der Waals surface area (Å²) in [5.74, 6) is -0.0500. The highest BCUT2D eigenvalue weighted by atomic mass is 16.2. The number of rotatable bonds is 4. The maximum absolute atomic E-state index is 12.1. The van der Waals surface area contributed by atoms with Gasteiger partial charge in [0.25, 0.3) is 0 Å². The van der Waals surface area contributed by atoms with Crippen LogP contribution in [0, 0.1) is 5.92 Å². The monoisotopic (exact) mass is 331 g/mol. The van der Waals surface area contributed by atoms with Gasteiger partial charge in [0, 0.05) is 36.8 Å². The number of benzene rings is 1. The van der Waals surface area contributed by atoms with Gasteiger partial charge in [-0.25, -0.2) is 0 Å². The van der Waals surface area contributed by atoms with Crippen molar-refractivity contribution in [1.82, 2.24) is 5.32 Å². The van der Waals surface area contributed by atoms with E-state index in [4.69, 9.17) is 5.73 Å². The maximum atomic E-state index is 12.1. The van der Waals surface area contributed by atoms with Crippen LogP contribution >= 0.6 is 0 Å². The van der Waals surface area contributed by atoms with E-state index in [1.54, 1.807) is 0 Å². The molecule has 0 radical (unpaired) electrons. The number of carbonyl (C=O) groups excluding carboxylic acids is 1. The van der Waals surface area contributed by atoms with Gasteiger partial charge in [0.05, 0.1) is 0 Å². The van der Waals surface area contributed by atoms with Gasteiger partial charge in [-0.05, 0) is 42.9 Å². The average molecular weight is 332 g/mol. The van der Waals surface area contributed by atoms with Crippen molar-refractivity contribution >= 4 is 11.6 Å². The van der Waals surface area contributed by atoms with E-state index < -0.39 is 0 Å². The Balaban J connectivity index is 1.87. The molecule has 1 aromatic carbocycles. The van der Waals surface area contributed by atoms with Gasteiger partial charge < -0.3 is 16.0 Å². The van der Waals surface area contributed by atoms with Gasteiger partial charge in [0.2, 0.25) is 5.91 Å². The molecule has 0 saturated carbocycles. The lowest BCUT2D eigenvalue weighted by atomic mass is 9.87. The molecule has 0 aliphatic carbocycles. The fourth-order valence-electron chi connectivity index (χ4n) is 3.03. The molecule has 0 spiro atoms. The van der Waals surface area contributed by atoms with Crippen LogP contribution in [-0.2, 0) is 10.2 Å². The molecule has 0 aromatic heterocycles. The fourth-order valence-corrected chi connectivity index (χ4v) is 3.03. The zero-order chi connectivity index (χ0) is 17.9. The van der Waals surface area contributed by atoms with E-state index in [2.05, 4.69) is 55.3 Å². The summed E-state index contributed by atoms with van der Waals surface area (Å²) in [6, 6.07) is 9.06. The average Bonchev–Trinajstić information content (AvgIpc) is 2.54. The number of nitrogens with one attached hydrogen (secondary N) is 1. The van der Waals surface area contributed by atoms with E-state index in [-0.39, 0.29) is 29.3 Å². The van der Waals surface area contributed by atoms with E-state index in [0.29, 0.717) is 0 Å². The predicted molar refractivity (Wildman–Crippen MR) is 101 cm³/mol. The molecule has 1 aliphatic rings. The third kappa shape index (κ3) is 4.73. The van der Waals surface area contributed by atoms with Crippen LogP contribution in [0.15, 0.2) is 24.3 Å². The number of piperidine rings is 1. The zero-order valence-electron chi connectivity index (χ0n) is 15.8. The number of nitrogens with zero attached hydrogens (tertiary/aromatic N) is 1. The lowest BCUT2D eigenvalue weighted by Crippen LogP contribution is -2.48. The van der Waals surface area contributed by atoms with Crippen molar-refractivity contribution in [3.05, 3.63) is 29.8 Å². The lowest BCUT2D eigenvalue weighted by molar-refractivity contribution is -0.125. The Hall–Kier alpha value is -1.55. The second-order valence-corrected chi connectivity index (χ2v) is 8.21. The summed E-state index contributed by atoms with van der Waals surface area (Å²) in [4.78, 5) is 14.5. The van der Waals surface area contributed by atoms with Gasteiger partial charge in [0.15, 0.2) is 0 Å². The molecule has 1 aromatic rings. The summed E-state index contributed by atoms with van der Waals surface area (Å²) in [5, 5.41) is 3.16. The molecular formula is C20H33N3O. The number of carbonyl (C=O) groups is 1. The van der Waals surface area contributed by atoms with E-state index in [1.165, 1.54) is 11.3 Å². The van der Waals surface area contributed by atoms with Crippen LogP contribution < -0.4 is 16.0 Å². The fraction of sp³-hybridized carbons (Fsp3) is 0.650. The van der Waals surface area contributed by atoms with Crippen molar-refractivity contribution < 1.29 is 4.79 Å². The second-order valence-electron chi connectivity index (χ2n) is 8.21. The van der Waals surface area contributed by atoms with Crippen LogP contribution in [0.5, 0.6) is 0 Å². The highest BCUT2D eigenvalue weighted by molar-refractivity contribution is 5.79. The van der Waals surface area contributed by atoms with E-state index in [0.717, 1.165) is 25.9 Å². The normalized spacial score (nSPS) is 19.0. The van der Waals surface area contributed by atoms with Gasteiger partial charge in [0.1, 0.15) is 0 Å². The van der Waals surface area contributed by atoms with Crippen LogP contribution in [0.3, 0.4) is 0 Å². The maximum Gasteiger partial charge on any atom is 0.224 e. The smallest absolute Gasteiger partial charge is 0.224 e. The van der Waals surface area contributed by atoms with E-state index in [9.17, 15) is 4.79 Å². The molecule has 0 bridgehead atoms. The highest BCUT2D eigenvalue weighted by Crippen LogP contribution is 2.26. The molecule has 4 nitrogen and oxygen atoms in total. The summed E-state index contributed by atoms with van der Waals surface area (Å²) in [6.07, 6.45) is 1.97. The Kier molecular flexibility index (Phi) is 5.92. The quantitative estimate of drug-likeness (QED) is 0.891. The summed E-state index contributed by atoms with van der Waals surface area (Å²) in [5.41, 5.74) is 8.64. The van der Waals surface area contributed by atoms with E-state index >= 15 is 0 Å². The SMILES string of the molecule is CC(N)C(C)C(=O)NC1CCN(c2ccc(C(C)(C)C)cc2)CC1. The number of nitrogens with two attached hydrogens (primary N) is 1. The number of anilines is 1. The molecule has 1 heterocycles. The molecule has 1 fully saturated rings. The Labute approximate surface area is 146 Å². The molecule has 134 valence electrons. The lowest BCUT2D eigenvalue weighted by Gasteiger charge is -2.35. The summed E-state index contributed by atoms with van der Waals surface area (Å²) in [7, 11) is 0. The molecular weight excluding hydrogens is 298 g/mol. The first-order valence-electron chi connectivity index (χ1n) is 9.10. The molecule has 24 heavy (non-hydrogen) atoms. The molecule has 2 unspecified atom stereocenters. The van der Waals surface area contributed by atoms with Gasteiger partial charge in [-0.3, -0.25) is 4.79 Å². The predicted octanol–water partition coefficient (Wildman–Crippen LogP) is 3.05. The molecule has 4 heteroatoms. The molecule has 3 N–H and O–H groups in total. The Morgan fingerprint density at radius 1 is 1.17 bits per heavy atom. The summed E-state index contributed by atoms with van der Waals surface area (Å²) < 4.78 is 0. The third-order valence-electron chi connectivity index (χ3n) is 5.14. The Morgan fingerprint density at radius 2 is 1.71 bits per heavy atom. The summed E-state index contributed by atoms with van der Waals surface area (Å²) in [6.45, 7) is 12.4. The number of hydrogen-bond donors (Lipinski definition) is 2. The minimum Gasteiger partial charge on any atom is -0.371 e. The standard InChI is InChI=1S/C20H33N3O/c1-14(15(2)21)19(24)22-17-10-12-23(13-11-17)18-8-6-16(7-9-18)20(3,4)5/h6-9,14-15,17H,10-13,21H2,1-5H3,(H,22,24). The van der Waals surface area contributed by atoms with Crippen molar-refractivity contribution in [1.29, 1.82) is 0 Å². The number of hydrogen-bond acceptors (Lipinski definition) is 3. The van der Waals surface area contributed by atoms with E-state index in [1.807, 2.05) is 13.8 Å². The summed E-state index contributed by atoms with van der Waals surface area (Å²) >= 11 is 0. The first-order valence-corrected chi connectivity index (χ1v) is 9.10. The van der Waals surface area contributed by atoms with Crippen LogP contribution in [0.4, 0.5) is 5.69 Å². The zero-order valence-corrected chi connectivity index (χ0v) is 15.8. The largest absolute Gasteiger partial charge is 0.371 e. The molecule has 1 aliphatic heterocycles. The molecule has 2 rings (SSSR count). The molecule has 1 saturated heterocycles. The van der Waals surface area contributed by atoms with Crippen molar-refractivity contribution in [2.24, 2.45) is 11.7 Å². The third-order valence-corrected chi connectivity index (χ3v) is 5.14. The Bertz CT molecular complexity index is 537. The van der Waals surface area contributed by atoms with Crippen LogP contribution in [0.25, 0.3) is 0 Å². The van der Waals surface area contributed by atoms with Gasteiger partial charge >= 0.3 is 0 Å². The van der Waals surface area contributed by atoms with Crippen molar-refractivity contribution in [3.63, 3.8) is 0 Å².